The van der Waals surface area contributed by atoms with Gasteiger partial charge in [-0.15, -0.1) is 0 Å². The van der Waals surface area contributed by atoms with Crippen LogP contribution in [-0.2, 0) is 32.2 Å². The van der Waals surface area contributed by atoms with E-state index in [2.05, 4.69) is 75.8 Å². The highest BCUT2D eigenvalue weighted by molar-refractivity contribution is 9.09. The fourth-order valence-electron chi connectivity index (χ4n) is 9.85. The van der Waals surface area contributed by atoms with E-state index >= 15 is 0 Å². The van der Waals surface area contributed by atoms with Gasteiger partial charge in [0.25, 0.3) is 0 Å². The maximum atomic E-state index is 12.5. The molecule has 0 saturated heterocycles. The van der Waals surface area contributed by atoms with Crippen LogP contribution in [0.3, 0.4) is 0 Å². The summed E-state index contributed by atoms with van der Waals surface area (Å²) < 4.78 is 16.2. The summed E-state index contributed by atoms with van der Waals surface area (Å²) >= 11 is 3.47. The summed E-state index contributed by atoms with van der Waals surface area (Å²) in [7, 11) is 0. The molecule has 10 heteroatoms. The van der Waals surface area contributed by atoms with Gasteiger partial charge in [0.05, 0.1) is 0 Å². The van der Waals surface area contributed by atoms with Crippen LogP contribution < -0.4 is 5.73 Å². The first-order chi connectivity index (χ1) is 36.8. The summed E-state index contributed by atoms with van der Waals surface area (Å²) in [6.07, 6.45) is 63.0. The van der Waals surface area contributed by atoms with Gasteiger partial charge >= 0.3 is 11.9 Å². The summed E-state index contributed by atoms with van der Waals surface area (Å²) in [5, 5.41) is 1.09. The Bertz CT molecular complexity index is 1430. The molecule has 2 N–H and O–H groups in total. The Morgan fingerprint density at radius 1 is 0.427 bits per heavy atom. The van der Waals surface area contributed by atoms with E-state index < -0.39 is 0 Å². The molecule has 2 rings (SSSR count). The molecular formula is C65H124BrN5O4. The molecule has 0 aliphatic carbocycles. The Labute approximate surface area is 473 Å². The number of nitrogens with two attached hydrogens (primary N) is 1. The molecule has 0 spiro atoms. The average Bonchev–Trinajstić information content (AvgIpc) is 4.03. The minimum atomic E-state index is 0.0439. The zero-order valence-corrected chi connectivity index (χ0v) is 52.1. The highest BCUT2D eigenvalue weighted by Gasteiger charge is 2.16. The van der Waals surface area contributed by atoms with Crippen molar-refractivity contribution in [2.75, 3.05) is 11.9 Å². The Morgan fingerprint density at radius 3 is 1.00 bits per heavy atom. The Kier molecular flexibility index (Phi) is 56.3. The minimum Gasteiger partial charge on any atom is -0.462 e. The Balaban J connectivity index is 0.00000126. The van der Waals surface area contributed by atoms with Crippen molar-refractivity contribution in [2.24, 2.45) is 5.73 Å². The third-order valence-electron chi connectivity index (χ3n) is 14.9. The van der Waals surface area contributed by atoms with Crippen molar-refractivity contribution >= 4 is 27.9 Å². The molecule has 0 aliphatic heterocycles. The molecule has 0 aliphatic rings. The number of aromatic nitrogens is 4. The maximum Gasteiger partial charge on any atom is 0.306 e. The van der Waals surface area contributed by atoms with Gasteiger partial charge in [-0.2, -0.15) is 0 Å². The van der Waals surface area contributed by atoms with Crippen LogP contribution in [0.2, 0.25) is 0 Å². The maximum absolute atomic E-state index is 12.5. The van der Waals surface area contributed by atoms with E-state index in [0.29, 0.717) is 12.8 Å². The van der Waals surface area contributed by atoms with E-state index in [4.69, 9.17) is 15.2 Å². The highest BCUT2D eigenvalue weighted by atomic mass is 79.9. The van der Waals surface area contributed by atoms with E-state index in [1.807, 2.05) is 25.5 Å². The first-order valence-corrected chi connectivity index (χ1v) is 33.5. The second-order valence-corrected chi connectivity index (χ2v) is 22.9. The van der Waals surface area contributed by atoms with Crippen LogP contribution in [0.1, 0.15) is 328 Å². The number of rotatable bonds is 52. The third-order valence-corrected chi connectivity index (χ3v) is 15.4. The van der Waals surface area contributed by atoms with E-state index in [0.717, 1.165) is 94.4 Å². The molecule has 0 fully saturated rings. The lowest BCUT2D eigenvalue weighted by Crippen LogP contribution is -2.18. The van der Waals surface area contributed by atoms with E-state index in [9.17, 15) is 9.59 Å². The number of halogens is 1. The number of imidazole rings is 2. The molecule has 0 aromatic carbocycles. The molecule has 0 saturated carbocycles. The van der Waals surface area contributed by atoms with Gasteiger partial charge in [-0.1, -0.05) is 236 Å². The molecule has 0 radical (unpaired) electrons. The van der Waals surface area contributed by atoms with Crippen molar-refractivity contribution in [3.8, 4) is 0 Å². The van der Waals surface area contributed by atoms with Gasteiger partial charge in [0.1, 0.15) is 23.9 Å². The fraction of sp³-hybridized carbons (Fsp3) is 0.877. The molecular weight excluding hydrogens is 995 g/mol. The SMILES string of the molecule is CCCCCCCCC(CCCCCCCC)OC(=O)CCCCCCCBr.CCCCCCCCC(CCCCCCCC)OC(=O)CCCCCCCCCCCn1ccnc1C.Cc1nccn1CCCN. The van der Waals surface area contributed by atoms with E-state index in [1.54, 1.807) is 0 Å². The first-order valence-electron chi connectivity index (χ1n) is 32.4. The van der Waals surface area contributed by atoms with Crippen LogP contribution in [-0.4, -0.2) is 55.1 Å². The van der Waals surface area contributed by atoms with E-state index in [-0.39, 0.29) is 24.1 Å². The third kappa shape index (κ3) is 49.8. The number of hydrogen-bond acceptors (Lipinski definition) is 7. The van der Waals surface area contributed by atoms with Gasteiger partial charge in [0.15, 0.2) is 0 Å². The van der Waals surface area contributed by atoms with Crippen molar-refractivity contribution in [3.63, 3.8) is 0 Å². The van der Waals surface area contributed by atoms with Gasteiger partial charge in [0.2, 0.25) is 0 Å². The molecule has 2 aromatic heterocycles. The van der Waals surface area contributed by atoms with Gasteiger partial charge in [-0.3, -0.25) is 9.59 Å². The molecule has 440 valence electrons. The van der Waals surface area contributed by atoms with Crippen molar-refractivity contribution in [1.29, 1.82) is 0 Å². The quantitative estimate of drug-likeness (QED) is 0.0399. The van der Waals surface area contributed by atoms with Crippen LogP contribution in [0.15, 0.2) is 24.8 Å². The smallest absolute Gasteiger partial charge is 0.306 e. The van der Waals surface area contributed by atoms with Gasteiger partial charge in [-0.25, -0.2) is 9.97 Å². The second kappa shape index (κ2) is 58.0. The van der Waals surface area contributed by atoms with Crippen molar-refractivity contribution in [2.45, 2.75) is 356 Å². The van der Waals surface area contributed by atoms with Gasteiger partial charge in [-0.05, 0) is 104 Å². The number of esters is 2. The first kappa shape index (κ1) is 72.8. The normalized spacial score (nSPS) is 11.2. The number of alkyl halides is 1. The molecule has 0 atom stereocenters. The van der Waals surface area contributed by atoms with Crippen molar-refractivity contribution < 1.29 is 19.1 Å². The molecule has 0 amide bonds. The zero-order chi connectivity index (χ0) is 54.9. The van der Waals surface area contributed by atoms with Crippen LogP contribution in [0.5, 0.6) is 0 Å². The summed E-state index contributed by atoms with van der Waals surface area (Å²) in [4.78, 5) is 33.2. The largest absolute Gasteiger partial charge is 0.462 e. The minimum absolute atomic E-state index is 0.0439. The highest BCUT2D eigenvalue weighted by Crippen LogP contribution is 2.21. The van der Waals surface area contributed by atoms with Gasteiger partial charge in [0, 0.05) is 56.0 Å². The van der Waals surface area contributed by atoms with Gasteiger partial charge < -0.3 is 24.3 Å². The predicted octanol–water partition coefficient (Wildman–Crippen LogP) is 20.2. The standard InChI is InChI=1S/C33H62N2O2.C25H49BrO2.C7H13N3/c1-4-6-8-10-17-21-25-32(26-22-18-11-9-7-5-2)37-33(36)27-23-19-15-13-12-14-16-20-24-29-35-30-28-34-31(35)3;1-3-5-7-9-12-16-20-24(21-17-13-10-8-6-4-2)28-25(27)22-18-14-11-15-19-23-26;1-7-9-4-6-10(7)5-2-3-8/h28,30,32H,4-27,29H2,1-3H3;24H,3-23H2,1-2H3;4,6H,2-3,5,8H2,1H3. The van der Waals surface area contributed by atoms with Crippen LogP contribution >= 0.6 is 15.9 Å². The van der Waals surface area contributed by atoms with E-state index in [1.165, 1.54) is 218 Å². The predicted molar refractivity (Wildman–Crippen MR) is 327 cm³/mol. The molecule has 0 unspecified atom stereocenters. The lowest BCUT2D eigenvalue weighted by atomic mass is 10.0. The summed E-state index contributed by atoms with van der Waals surface area (Å²) in [5.74, 6) is 2.28. The lowest BCUT2D eigenvalue weighted by molar-refractivity contribution is -0.151. The number of carbonyl (C=O) groups is 2. The van der Waals surface area contributed by atoms with Crippen LogP contribution in [0.25, 0.3) is 0 Å². The van der Waals surface area contributed by atoms with Crippen molar-refractivity contribution in [1.82, 2.24) is 19.1 Å². The number of unbranched alkanes of at least 4 members (excludes halogenated alkanes) is 32. The monoisotopic (exact) mass is 1120 g/mol. The summed E-state index contributed by atoms with van der Waals surface area (Å²) in [6, 6.07) is 0. The molecule has 2 heterocycles. The van der Waals surface area contributed by atoms with Crippen LogP contribution in [0, 0.1) is 13.8 Å². The number of carbonyl (C=O) groups excluding carboxylic acids is 2. The molecule has 0 bridgehead atoms. The number of ether oxygens (including phenoxy) is 2. The lowest BCUT2D eigenvalue weighted by Gasteiger charge is -2.18. The molecule has 2 aromatic rings. The van der Waals surface area contributed by atoms with Crippen LogP contribution in [0.4, 0.5) is 0 Å². The Morgan fingerprint density at radius 2 is 0.707 bits per heavy atom. The van der Waals surface area contributed by atoms with Crippen molar-refractivity contribution in [3.05, 3.63) is 36.4 Å². The number of nitrogens with zero attached hydrogens (tertiary/aromatic N) is 4. The summed E-state index contributed by atoms with van der Waals surface area (Å²) in [6.45, 7) is 16.0. The molecule has 9 nitrogen and oxygen atoms in total. The molecule has 75 heavy (non-hydrogen) atoms. The summed E-state index contributed by atoms with van der Waals surface area (Å²) in [5.41, 5.74) is 5.36. The number of hydrogen-bond donors (Lipinski definition) is 1. The Hall–Kier alpha value is -2.20. The zero-order valence-electron chi connectivity index (χ0n) is 50.5. The second-order valence-electron chi connectivity index (χ2n) is 22.1. The topological polar surface area (TPSA) is 114 Å². The average molecular weight is 1120 g/mol. The fourth-order valence-corrected chi connectivity index (χ4v) is 10.2. The number of aryl methyl sites for hydroxylation is 4.